The molecule has 138 valence electrons. The molecule has 2 aromatic heterocycles. The van der Waals surface area contributed by atoms with Crippen molar-refractivity contribution < 1.29 is 37.7 Å². The monoisotopic (exact) mass is 379 g/mol. The summed E-state index contributed by atoms with van der Waals surface area (Å²) < 4.78 is 35.0. The highest BCUT2D eigenvalue weighted by Crippen LogP contribution is 2.39. The molecule has 2 aromatic rings. The topological polar surface area (TPSA) is 180 Å². The van der Waals surface area contributed by atoms with Crippen LogP contribution in [-0.2, 0) is 20.9 Å². The maximum absolute atomic E-state index is 12.5. The van der Waals surface area contributed by atoms with Crippen molar-refractivity contribution in [1.29, 1.82) is 0 Å². The van der Waals surface area contributed by atoms with Gasteiger partial charge in [-0.3, -0.25) is 18.9 Å². The Labute approximate surface area is 138 Å². The van der Waals surface area contributed by atoms with E-state index in [2.05, 4.69) is 14.5 Å². The minimum Gasteiger partial charge on any atom is -0.753 e. The van der Waals surface area contributed by atoms with Crippen LogP contribution in [0.4, 0.5) is 10.1 Å². The Balaban J connectivity index is 1.96. The van der Waals surface area contributed by atoms with Crippen LogP contribution in [0.2, 0.25) is 0 Å². The summed E-state index contributed by atoms with van der Waals surface area (Å²) in [7, 11) is -3.97. The number of nitrogens with one attached hydrogen (secondary N) is 1. The van der Waals surface area contributed by atoms with Crippen molar-refractivity contribution in [1.82, 2.24) is 14.5 Å². The second-order valence-electron chi connectivity index (χ2n) is 5.53. The molecule has 0 spiro atoms. The number of aromatic nitrogens is 4. The molecule has 3 rings (SSSR count). The standard InChI is InChI=1S/C11H15FN5O7P/c1-16-3-17(8-5(16)9(20)15-11(13)14-8)10-7(19)6(18)4(24-10)2-23-25(12,21)22/h3-4,6-7,10,18-19H,2H2,1H3,(H3-,13,14,15,20,21,22)/t4-,6-,7-,10-/m1/s1. The zero-order valence-corrected chi connectivity index (χ0v) is 13.7. The van der Waals surface area contributed by atoms with Gasteiger partial charge in [0.25, 0.3) is 11.5 Å². The van der Waals surface area contributed by atoms with Crippen molar-refractivity contribution in [3.8, 4) is 0 Å². The number of halogens is 1. The second-order valence-corrected chi connectivity index (χ2v) is 6.65. The molecule has 1 saturated heterocycles. The van der Waals surface area contributed by atoms with Crippen LogP contribution in [0, 0.1) is 0 Å². The summed E-state index contributed by atoms with van der Waals surface area (Å²) in [5.41, 5.74) is 5.19. The molecule has 1 aliphatic heterocycles. The van der Waals surface area contributed by atoms with Crippen LogP contribution < -0.4 is 20.8 Å². The molecule has 0 saturated carbocycles. The van der Waals surface area contributed by atoms with E-state index in [1.807, 2.05) is 0 Å². The third-order valence-corrected chi connectivity index (χ3v) is 4.25. The smallest absolute Gasteiger partial charge is 0.313 e. The summed E-state index contributed by atoms with van der Waals surface area (Å²) in [5.74, 6) is -0.171. The molecule has 0 aromatic carbocycles. The van der Waals surface area contributed by atoms with Gasteiger partial charge in [0.2, 0.25) is 11.7 Å². The first-order valence-electron chi connectivity index (χ1n) is 7.01. The number of nitrogens with zero attached hydrogens (tertiary/aromatic N) is 3. The Morgan fingerprint density at radius 2 is 2.28 bits per heavy atom. The van der Waals surface area contributed by atoms with Crippen molar-refractivity contribution in [3.05, 3.63) is 16.7 Å². The van der Waals surface area contributed by atoms with E-state index in [1.165, 1.54) is 15.5 Å². The molecule has 0 bridgehead atoms. The number of aromatic amines is 1. The Morgan fingerprint density at radius 1 is 1.60 bits per heavy atom. The van der Waals surface area contributed by atoms with Crippen molar-refractivity contribution in [3.63, 3.8) is 0 Å². The first kappa shape index (κ1) is 17.9. The van der Waals surface area contributed by atoms with Crippen molar-refractivity contribution in [2.45, 2.75) is 24.5 Å². The maximum Gasteiger partial charge on any atom is 0.313 e. The van der Waals surface area contributed by atoms with E-state index in [0.29, 0.717) is 0 Å². The Hall–Kier alpha value is -1.89. The highest BCUT2D eigenvalue weighted by molar-refractivity contribution is 7.45. The van der Waals surface area contributed by atoms with E-state index in [4.69, 9.17) is 10.5 Å². The van der Waals surface area contributed by atoms with Crippen LogP contribution in [0.15, 0.2) is 11.1 Å². The predicted molar refractivity (Wildman–Crippen MR) is 76.5 cm³/mol. The first-order chi connectivity index (χ1) is 11.6. The van der Waals surface area contributed by atoms with Gasteiger partial charge < -0.3 is 30.1 Å². The van der Waals surface area contributed by atoms with E-state index in [1.54, 1.807) is 7.05 Å². The van der Waals surface area contributed by atoms with E-state index in [0.717, 1.165) is 0 Å². The maximum atomic E-state index is 12.5. The SMILES string of the molecule is Cn1c[n+]([C@@H]2O[C@H](COP(=O)([O-])F)[C@@H](O)[C@H]2O)c2nc(N)[nH]c(=O)c21. The zero-order valence-electron chi connectivity index (χ0n) is 12.8. The fourth-order valence-corrected chi connectivity index (χ4v) is 3.04. The summed E-state index contributed by atoms with van der Waals surface area (Å²) in [6, 6.07) is 0. The molecular formula is C11H15FN5O7P. The van der Waals surface area contributed by atoms with Gasteiger partial charge in [0.1, 0.15) is 18.3 Å². The van der Waals surface area contributed by atoms with Gasteiger partial charge in [0, 0.05) is 0 Å². The third kappa shape index (κ3) is 3.29. The fourth-order valence-electron chi connectivity index (χ4n) is 2.71. The van der Waals surface area contributed by atoms with Crippen LogP contribution >= 0.6 is 7.91 Å². The fraction of sp³-hybridized carbons (Fsp3) is 0.545. The molecule has 25 heavy (non-hydrogen) atoms. The number of H-pyrrole nitrogens is 1. The molecule has 1 unspecified atom stereocenters. The van der Waals surface area contributed by atoms with Gasteiger partial charge in [-0.1, -0.05) is 4.98 Å². The Kier molecular flexibility index (Phi) is 4.39. The molecule has 12 nitrogen and oxygen atoms in total. The average molecular weight is 379 g/mol. The van der Waals surface area contributed by atoms with Crippen LogP contribution in [-0.4, -0.2) is 49.7 Å². The Morgan fingerprint density at radius 3 is 2.92 bits per heavy atom. The number of hydrogen-bond donors (Lipinski definition) is 4. The first-order valence-corrected chi connectivity index (χ1v) is 8.44. The second kappa shape index (κ2) is 6.12. The quantitative estimate of drug-likeness (QED) is 0.322. The summed E-state index contributed by atoms with van der Waals surface area (Å²) in [6.07, 6.45) is -4.24. The van der Waals surface area contributed by atoms with Gasteiger partial charge in [-0.05, 0) is 0 Å². The molecule has 5 N–H and O–H groups in total. The van der Waals surface area contributed by atoms with Gasteiger partial charge in [-0.2, -0.15) is 4.20 Å². The number of hydrogen-bond acceptors (Lipinski definition) is 9. The molecule has 1 fully saturated rings. The predicted octanol–water partition coefficient (Wildman–Crippen LogP) is -2.79. The molecule has 1 aliphatic rings. The summed E-state index contributed by atoms with van der Waals surface area (Å²) in [4.78, 5) is 28.7. The van der Waals surface area contributed by atoms with Gasteiger partial charge in [-0.15, -0.1) is 0 Å². The van der Waals surface area contributed by atoms with Gasteiger partial charge in [0.15, 0.2) is 6.33 Å². The molecule has 0 aliphatic carbocycles. The minimum atomic E-state index is -5.51. The number of rotatable bonds is 4. The zero-order chi connectivity index (χ0) is 18.5. The number of nitrogens with two attached hydrogens (primary N) is 1. The van der Waals surface area contributed by atoms with Crippen LogP contribution in [0.5, 0.6) is 0 Å². The van der Waals surface area contributed by atoms with E-state index in [-0.39, 0.29) is 17.1 Å². The van der Waals surface area contributed by atoms with E-state index < -0.39 is 44.6 Å². The van der Waals surface area contributed by atoms with Crippen molar-refractivity contribution >= 4 is 25.0 Å². The lowest BCUT2D eigenvalue weighted by Gasteiger charge is -2.18. The molecule has 5 atom stereocenters. The van der Waals surface area contributed by atoms with Crippen LogP contribution in [0.25, 0.3) is 11.2 Å². The number of nitrogen functional groups attached to an aromatic ring is 1. The highest BCUT2D eigenvalue weighted by Gasteiger charge is 2.47. The van der Waals surface area contributed by atoms with Crippen LogP contribution in [0.1, 0.15) is 6.23 Å². The molecule has 0 radical (unpaired) electrons. The lowest BCUT2D eigenvalue weighted by molar-refractivity contribution is -0.745. The number of aliphatic hydroxyl groups is 2. The number of aliphatic hydroxyl groups excluding tert-OH is 2. The lowest BCUT2D eigenvalue weighted by atomic mass is 10.1. The third-order valence-electron chi connectivity index (χ3n) is 3.79. The lowest BCUT2D eigenvalue weighted by Crippen LogP contribution is -2.46. The average Bonchev–Trinajstić information content (AvgIpc) is 2.95. The number of anilines is 1. The van der Waals surface area contributed by atoms with Gasteiger partial charge >= 0.3 is 13.6 Å². The van der Waals surface area contributed by atoms with Gasteiger partial charge in [0.05, 0.1) is 13.7 Å². The number of imidazole rings is 1. The highest BCUT2D eigenvalue weighted by atomic mass is 31.2. The molecular weight excluding hydrogens is 364 g/mol. The number of fused-ring (bicyclic) bond motifs is 1. The van der Waals surface area contributed by atoms with Crippen LogP contribution in [0.3, 0.4) is 0 Å². The van der Waals surface area contributed by atoms with E-state index in [9.17, 15) is 28.7 Å². The summed E-state index contributed by atoms with van der Waals surface area (Å²) >= 11 is 0. The summed E-state index contributed by atoms with van der Waals surface area (Å²) in [5, 5.41) is 20.1. The normalized spacial score (nSPS) is 29.2. The molecule has 0 amide bonds. The molecule has 3 heterocycles. The van der Waals surface area contributed by atoms with Crippen molar-refractivity contribution in [2.24, 2.45) is 7.05 Å². The molecule has 14 heteroatoms. The summed E-state index contributed by atoms with van der Waals surface area (Å²) in [6.45, 7) is -0.826. The number of aryl methyl sites for hydroxylation is 1. The largest absolute Gasteiger partial charge is 0.753 e. The van der Waals surface area contributed by atoms with E-state index >= 15 is 0 Å². The van der Waals surface area contributed by atoms with Gasteiger partial charge in [-0.25, -0.2) is 4.57 Å². The van der Waals surface area contributed by atoms with Crippen molar-refractivity contribution in [2.75, 3.05) is 12.3 Å². The number of ether oxygens (including phenoxy) is 1. The Bertz CT molecular complexity index is 910. The minimum absolute atomic E-state index is 0.0709.